The monoisotopic (exact) mass is 220 g/mol. The lowest BCUT2D eigenvalue weighted by Crippen LogP contribution is -1.91. The van der Waals surface area contributed by atoms with Gasteiger partial charge in [0.1, 0.15) is 9.76 Å². The number of nitrogens with two attached hydrogens (primary N) is 1. The number of hydrogen-bond donors (Lipinski definition) is 1. The lowest BCUT2D eigenvalue weighted by Gasteiger charge is -1.99. The van der Waals surface area contributed by atoms with Crippen LogP contribution in [0.3, 0.4) is 0 Å². The van der Waals surface area contributed by atoms with E-state index >= 15 is 0 Å². The minimum absolute atomic E-state index is 0.487. The number of nitrogens with zero attached hydrogens (tertiary/aromatic N) is 1. The van der Waals surface area contributed by atoms with Crippen molar-refractivity contribution in [3.63, 3.8) is 0 Å². The van der Waals surface area contributed by atoms with Gasteiger partial charge in [0.15, 0.2) is 0 Å². The summed E-state index contributed by atoms with van der Waals surface area (Å²) in [5.41, 5.74) is 7.03. The van der Waals surface area contributed by atoms with E-state index in [1.807, 2.05) is 6.92 Å². The molecular weight excluding hydrogens is 215 g/mol. The highest BCUT2D eigenvalue weighted by molar-refractivity contribution is 9.10. The fraction of sp³-hybridized carbons (Fsp3) is 0.167. The summed E-state index contributed by atoms with van der Waals surface area (Å²) >= 11 is 8.85. The van der Waals surface area contributed by atoms with Crippen LogP contribution in [-0.4, -0.2) is 4.98 Å². The van der Waals surface area contributed by atoms with Crippen molar-refractivity contribution in [3.8, 4) is 0 Å². The molecule has 54 valence electrons. The van der Waals surface area contributed by atoms with E-state index in [0.29, 0.717) is 15.4 Å². The summed E-state index contributed by atoms with van der Waals surface area (Å²) in [6, 6.07) is 1.78. The Balaban J connectivity index is 3.28. The normalized spacial score (nSPS) is 9.90. The van der Waals surface area contributed by atoms with Crippen molar-refractivity contribution in [1.29, 1.82) is 0 Å². The van der Waals surface area contributed by atoms with Crippen molar-refractivity contribution in [3.05, 3.63) is 21.4 Å². The van der Waals surface area contributed by atoms with Crippen molar-refractivity contribution in [2.24, 2.45) is 0 Å². The van der Waals surface area contributed by atoms with Crippen molar-refractivity contribution < 1.29 is 0 Å². The third kappa shape index (κ3) is 1.41. The van der Waals surface area contributed by atoms with Crippen LogP contribution in [0.2, 0.25) is 5.15 Å². The molecule has 0 saturated heterocycles. The fourth-order valence-electron chi connectivity index (χ4n) is 0.591. The molecule has 0 aliphatic rings. The first-order chi connectivity index (χ1) is 4.61. The topological polar surface area (TPSA) is 38.9 Å². The van der Waals surface area contributed by atoms with Gasteiger partial charge in [0, 0.05) is 0 Å². The van der Waals surface area contributed by atoms with Gasteiger partial charge < -0.3 is 5.73 Å². The summed E-state index contributed by atoms with van der Waals surface area (Å²) < 4.78 is 0.600. The van der Waals surface area contributed by atoms with Crippen LogP contribution in [0, 0.1) is 6.92 Å². The Morgan fingerprint density at radius 3 is 2.80 bits per heavy atom. The second kappa shape index (κ2) is 2.76. The zero-order valence-electron chi connectivity index (χ0n) is 5.36. The second-order valence-electron chi connectivity index (χ2n) is 1.98. The molecule has 1 heterocycles. The smallest absolute Gasteiger partial charge is 0.133 e. The molecule has 0 amide bonds. The van der Waals surface area contributed by atoms with Crippen LogP contribution in [-0.2, 0) is 0 Å². The van der Waals surface area contributed by atoms with Crippen LogP contribution in [0.5, 0.6) is 0 Å². The molecule has 1 aromatic rings. The summed E-state index contributed by atoms with van der Waals surface area (Å²) in [5, 5.41) is 0.487. The van der Waals surface area contributed by atoms with E-state index in [1.165, 1.54) is 0 Å². The SMILES string of the molecule is Cc1cc(N)c(Br)nc1Cl. The molecule has 0 fully saturated rings. The first kappa shape index (κ1) is 7.82. The first-order valence-electron chi connectivity index (χ1n) is 2.69. The average molecular weight is 221 g/mol. The zero-order valence-corrected chi connectivity index (χ0v) is 7.70. The zero-order chi connectivity index (χ0) is 7.72. The van der Waals surface area contributed by atoms with Gasteiger partial charge in [0.25, 0.3) is 0 Å². The van der Waals surface area contributed by atoms with Crippen molar-refractivity contribution in [1.82, 2.24) is 4.98 Å². The minimum Gasteiger partial charge on any atom is -0.397 e. The molecule has 0 bridgehead atoms. The molecule has 2 nitrogen and oxygen atoms in total. The largest absolute Gasteiger partial charge is 0.397 e. The highest BCUT2D eigenvalue weighted by Crippen LogP contribution is 2.22. The Bertz CT molecular complexity index is 212. The lowest BCUT2D eigenvalue weighted by molar-refractivity contribution is 1.23. The van der Waals surface area contributed by atoms with Gasteiger partial charge in [-0.3, -0.25) is 0 Å². The second-order valence-corrected chi connectivity index (χ2v) is 3.09. The summed E-state index contributed by atoms with van der Waals surface area (Å²) in [6.07, 6.45) is 0. The molecule has 0 aliphatic carbocycles. The van der Waals surface area contributed by atoms with Gasteiger partial charge >= 0.3 is 0 Å². The fourth-order valence-corrected chi connectivity index (χ4v) is 1.12. The van der Waals surface area contributed by atoms with Crippen LogP contribution in [0.25, 0.3) is 0 Å². The summed E-state index contributed by atoms with van der Waals surface area (Å²) in [6.45, 7) is 1.86. The molecule has 0 radical (unpaired) electrons. The molecule has 1 aromatic heterocycles. The third-order valence-corrected chi connectivity index (χ3v) is 2.15. The molecule has 0 aliphatic heterocycles. The average Bonchev–Trinajstić information content (AvgIpc) is 1.84. The van der Waals surface area contributed by atoms with Crippen LogP contribution >= 0.6 is 27.5 Å². The molecule has 10 heavy (non-hydrogen) atoms. The summed E-state index contributed by atoms with van der Waals surface area (Å²) in [4.78, 5) is 3.93. The van der Waals surface area contributed by atoms with Crippen LogP contribution < -0.4 is 5.73 Å². The molecule has 0 spiro atoms. The van der Waals surface area contributed by atoms with E-state index in [2.05, 4.69) is 20.9 Å². The van der Waals surface area contributed by atoms with E-state index in [-0.39, 0.29) is 0 Å². The number of nitrogen functional groups attached to an aromatic ring is 1. The van der Waals surface area contributed by atoms with Crippen LogP contribution in [0.15, 0.2) is 10.7 Å². The molecule has 0 aromatic carbocycles. The number of pyridine rings is 1. The number of halogens is 2. The maximum atomic E-state index is 5.69. The standard InChI is InChI=1S/C6H6BrClN2/c1-3-2-4(9)5(7)10-6(3)8/h2H,9H2,1H3. The van der Waals surface area contributed by atoms with Crippen LogP contribution in [0.4, 0.5) is 5.69 Å². The number of anilines is 1. The van der Waals surface area contributed by atoms with Crippen LogP contribution in [0.1, 0.15) is 5.56 Å². The molecule has 0 atom stereocenters. The van der Waals surface area contributed by atoms with Gasteiger partial charge in [-0.15, -0.1) is 0 Å². The summed E-state index contributed by atoms with van der Waals surface area (Å²) in [7, 11) is 0. The third-order valence-electron chi connectivity index (χ3n) is 1.13. The van der Waals surface area contributed by atoms with E-state index in [0.717, 1.165) is 5.56 Å². The van der Waals surface area contributed by atoms with Gasteiger partial charge in [-0.2, -0.15) is 0 Å². The van der Waals surface area contributed by atoms with Crippen molar-refractivity contribution in [2.75, 3.05) is 5.73 Å². The maximum absolute atomic E-state index is 5.69. The van der Waals surface area contributed by atoms with Gasteiger partial charge in [-0.25, -0.2) is 4.98 Å². The Hall–Kier alpha value is -0.280. The molecule has 0 unspecified atom stereocenters. The number of hydrogen-bond acceptors (Lipinski definition) is 2. The number of aryl methyl sites for hydroxylation is 1. The molecular formula is C6H6BrClN2. The molecule has 4 heteroatoms. The highest BCUT2D eigenvalue weighted by atomic mass is 79.9. The molecule has 1 rings (SSSR count). The highest BCUT2D eigenvalue weighted by Gasteiger charge is 2.00. The van der Waals surface area contributed by atoms with Gasteiger partial charge in [0.2, 0.25) is 0 Å². The van der Waals surface area contributed by atoms with Gasteiger partial charge in [-0.1, -0.05) is 11.6 Å². The minimum atomic E-state index is 0.487. The Labute approximate surface area is 72.5 Å². The quantitative estimate of drug-likeness (QED) is 0.683. The predicted molar refractivity (Wildman–Crippen MR) is 46.1 cm³/mol. The lowest BCUT2D eigenvalue weighted by atomic mass is 10.3. The van der Waals surface area contributed by atoms with E-state index in [4.69, 9.17) is 17.3 Å². The van der Waals surface area contributed by atoms with E-state index < -0.39 is 0 Å². The Morgan fingerprint density at radius 2 is 2.30 bits per heavy atom. The molecule has 2 N–H and O–H groups in total. The number of aromatic nitrogens is 1. The van der Waals surface area contributed by atoms with Gasteiger partial charge in [0.05, 0.1) is 5.69 Å². The van der Waals surface area contributed by atoms with E-state index in [1.54, 1.807) is 6.07 Å². The number of rotatable bonds is 0. The molecule has 0 saturated carbocycles. The summed E-state index contributed by atoms with van der Waals surface area (Å²) in [5.74, 6) is 0. The Morgan fingerprint density at radius 1 is 1.70 bits per heavy atom. The predicted octanol–water partition coefficient (Wildman–Crippen LogP) is 2.39. The van der Waals surface area contributed by atoms with Gasteiger partial charge in [-0.05, 0) is 34.5 Å². The Kier molecular flexibility index (Phi) is 2.16. The van der Waals surface area contributed by atoms with Crippen molar-refractivity contribution >= 4 is 33.2 Å². The van der Waals surface area contributed by atoms with Crippen molar-refractivity contribution in [2.45, 2.75) is 6.92 Å². The maximum Gasteiger partial charge on any atom is 0.133 e. The first-order valence-corrected chi connectivity index (χ1v) is 3.86. The van der Waals surface area contributed by atoms with E-state index in [9.17, 15) is 0 Å².